The van der Waals surface area contributed by atoms with Crippen molar-refractivity contribution >= 4 is 5.91 Å². The first kappa shape index (κ1) is 10.3. The Morgan fingerprint density at radius 1 is 1.62 bits per heavy atom. The van der Waals surface area contributed by atoms with Crippen LogP contribution in [0.4, 0.5) is 0 Å². The van der Waals surface area contributed by atoms with Gasteiger partial charge in [0, 0.05) is 12.0 Å². The van der Waals surface area contributed by atoms with Crippen molar-refractivity contribution in [1.29, 1.82) is 0 Å². The van der Waals surface area contributed by atoms with Crippen LogP contribution in [0.5, 0.6) is 0 Å². The van der Waals surface area contributed by atoms with Crippen LogP contribution in [0.1, 0.15) is 26.2 Å². The molecule has 74 valence electrons. The highest BCUT2D eigenvalue weighted by atomic mass is 16.1. The molecule has 0 fully saturated rings. The van der Waals surface area contributed by atoms with Crippen molar-refractivity contribution in [3.05, 3.63) is 12.2 Å². The topological polar surface area (TPSA) is 55.1 Å². The molecule has 0 spiro atoms. The van der Waals surface area contributed by atoms with E-state index in [1.54, 1.807) is 0 Å². The van der Waals surface area contributed by atoms with Crippen LogP contribution in [-0.2, 0) is 4.79 Å². The van der Waals surface area contributed by atoms with Gasteiger partial charge in [-0.2, -0.15) is 0 Å². The van der Waals surface area contributed by atoms with Crippen molar-refractivity contribution in [3.63, 3.8) is 0 Å². The van der Waals surface area contributed by atoms with E-state index < -0.39 is 0 Å². The van der Waals surface area contributed by atoms with Crippen LogP contribution in [0.2, 0.25) is 0 Å². The van der Waals surface area contributed by atoms with Crippen LogP contribution < -0.4 is 11.1 Å². The molecule has 3 N–H and O–H groups in total. The Hall–Kier alpha value is -0.830. The molecule has 1 unspecified atom stereocenters. The van der Waals surface area contributed by atoms with Crippen molar-refractivity contribution < 1.29 is 4.79 Å². The smallest absolute Gasteiger partial charge is 0.223 e. The van der Waals surface area contributed by atoms with Crippen molar-refractivity contribution in [3.8, 4) is 0 Å². The summed E-state index contributed by atoms with van der Waals surface area (Å²) in [5.41, 5.74) is 5.38. The third-order valence-corrected chi connectivity index (χ3v) is 2.40. The lowest BCUT2D eigenvalue weighted by molar-refractivity contribution is -0.125. The van der Waals surface area contributed by atoms with Gasteiger partial charge in [-0.25, -0.2) is 0 Å². The van der Waals surface area contributed by atoms with Gasteiger partial charge in [0.15, 0.2) is 0 Å². The third kappa shape index (κ3) is 3.19. The summed E-state index contributed by atoms with van der Waals surface area (Å²) in [5.74, 6) is 0.185. The number of hydrogen-bond donors (Lipinski definition) is 2. The number of rotatable bonds is 4. The summed E-state index contributed by atoms with van der Waals surface area (Å²) in [6.07, 6.45) is 6.94. The molecule has 1 aliphatic rings. The van der Waals surface area contributed by atoms with Crippen molar-refractivity contribution in [1.82, 2.24) is 5.32 Å². The van der Waals surface area contributed by atoms with Crippen LogP contribution in [0.15, 0.2) is 12.2 Å². The third-order valence-electron chi connectivity index (χ3n) is 2.40. The number of carbonyl (C=O) groups excluding carboxylic acids is 1. The van der Waals surface area contributed by atoms with Gasteiger partial charge in [-0.15, -0.1) is 0 Å². The molecule has 1 atom stereocenters. The molecular weight excluding hydrogens is 164 g/mol. The molecule has 0 aromatic rings. The summed E-state index contributed by atoms with van der Waals surface area (Å²) >= 11 is 0. The Kier molecular flexibility index (Phi) is 3.96. The van der Waals surface area contributed by atoms with Crippen LogP contribution in [0.25, 0.3) is 0 Å². The highest BCUT2D eigenvalue weighted by Crippen LogP contribution is 2.10. The van der Waals surface area contributed by atoms with Gasteiger partial charge >= 0.3 is 0 Å². The zero-order valence-electron chi connectivity index (χ0n) is 8.12. The van der Waals surface area contributed by atoms with Gasteiger partial charge in [0.25, 0.3) is 0 Å². The van der Waals surface area contributed by atoms with E-state index in [1.165, 1.54) is 0 Å². The molecular formula is C10H18N2O. The predicted molar refractivity (Wildman–Crippen MR) is 53.1 cm³/mol. The monoisotopic (exact) mass is 182 g/mol. The Labute approximate surface area is 79.4 Å². The van der Waals surface area contributed by atoms with E-state index in [-0.39, 0.29) is 11.8 Å². The second-order valence-corrected chi connectivity index (χ2v) is 3.63. The fraction of sp³-hybridized carbons (Fsp3) is 0.700. The Morgan fingerprint density at radius 2 is 2.23 bits per heavy atom. The van der Waals surface area contributed by atoms with Crippen LogP contribution in [0, 0.1) is 5.92 Å². The van der Waals surface area contributed by atoms with Gasteiger partial charge in [-0.3, -0.25) is 4.79 Å². The molecule has 3 heteroatoms. The Balaban J connectivity index is 2.23. The Bertz CT molecular complexity index is 193. The molecule has 0 bridgehead atoms. The largest absolute Gasteiger partial charge is 0.353 e. The van der Waals surface area contributed by atoms with Gasteiger partial charge in [0.1, 0.15) is 0 Å². The highest BCUT2D eigenvalue weighted by molar-refractivity contribution is 5.78. The fourth-order valence-corrected chi connectivity index (χ4v) is 1.46. The second-order valence-electron chi connectivity index (χ2n) is 3.63. The van der Waals surface area contributed by atoms with Crippen LogP contribution in [-0.4, -0.2) is 18.5 Å². The molecule has 0 heterocycles. The number of hydrogen-bond acceptors (Lipinski definition) is 2. The van der Waals surface area contributed by atoms with Gasteiger partial charge in [-0.1, -0.05) is 19.1 Å². The first-order valence-corrected chi connectivity index (χ1v) is 4.89. The predicted octanol–water partition coefficient (Wildman–Crippen LogP) is 0.806. The minimum absolute atomic E-state index is 0.0469. The molecule has 1 rings (SSSR count). The highest BCUT2D eigenvalue weighted by Gasteiger charge is 2.17. The molecule has 0 aromatic carbocycles. The molecule has 0 aromatic heterocycles. The van der Waals surface area contributed by atoms with Crippen molar-refractivity contribution in [2.45, 2.75) is 32.2 Å². The number of nitrogens with two attached hydrogens (primary N) is 1. The van der Waals surface area contributed by atoms with Crippen molar-refractivity contribution in [2.24, 2.45) is 11.7 Å². The lowest BCUT2D eigenvalue weighted by atomic mass is 10.1. The van der Waals surface area contributed by atoms with E-state index in [1.807, 2.05) is 6.92 Å². The zero-order valence-corrected chi connectivity index (χ0v) is 8.12. The molecule has 0 aliphatic heterocycles. The summed E-state index contributed by atoms with van der Waals surface area (Å²) in [6.45, 7) is 2.50. The minimum atomic E-state index is 0.0469. The van der Waals surface area contributed by atoms with E-state index in [2.05, 4.69) is 17.5 Å². The van der Waals surface area contributed by atoms with Gasteiger partial charge < -0.3 is 11.1 Å². The quantitative estimate of drug-likeness (QED) is 0.632. The number of nitrogens with one attached hydrogen (secondary N) is 1. The average molecular weight is 182 g/mol. The molecule has 3 nitrogen and oxygen atoms in total. The summed E-state index contributed by atoms with van der Waals surface area (Å²) in [5, 5.41) is 3.01. The lowest BCUT2D eigenvalue weighted by Crippen LogP contribution is -2.37. The fourth-order valence-electron chi connectivity index (χ4n) is 1.46. The van der Waals surface area contributed by atoms with Crippen molar-refractivity contribution in [2.75, 3.05) is 6.54 Å². The summed E-state index contributed by atoms with van der Waals surface area (Å²) in [4.78, 5) is 11.5. The average Bonchev–Trinajstić information content (AvgIpc) is 2.57. The molecule has 1 aliphatic carbocycles. The van der Waals surface area contributed by atoms with Gasteiger partial charge in [-0.05, 0) is 25.8 Å². The summed E-state index contributed by atoms with van der Waals surface area (Å²) < 4.78 is 0. The SMILES string of the molecule is CC(CCN)C(=O)NC1CC=CC1. The van der Waals surface area contributed by atoms with E-state index in [9.17, 15) is 4.79 Å². The van der Waals surface area contributed by atoms with E-state index >= 15 is 0 Å². The molecule has 1 amide bonds. The molecule has 0 saturated carbocycles. The number of carbonyl (C=O) groups is 1. The summed E-state index contributed by atoms with van der Waals surface area (Å²) in [6, 6.07) is 0.327. The first-order valence-electron chi connectivity index (χ1n) is 4.89. The summed E-state index contributed by atoms with van der Waals surface area (Å²) in [7, 11) is 0. The first-order chi connectivity index (χ1) is 6.24. The number of amides is 1. The second kappa shape index (κ2) is 5.02. The van der Waals surface area contributed by atoms with Gasteiger partial charge in [0.2, 0.25) is 5.91 Å². The van der Waals surface area contributed by atoms with E-state index in [4.69, 9.17) is 5.73 Å². The van der Waals surface area contributed by atoms with E-state index in [0.29, 0.717) is 12.6 Å². The Morgan fingerprint density at radius 3 is 2.77 bits per heavy atom. The van der Waals surface area contributed by atoms with E-state index in [0.717, 1.165) is 19.3 Å². The maximum Gasteiger partial charge on any atom is 0.223 e. The normalized spacial score (nSPS) is 18.9. The minimum Gasteiger partial charge on any atom is -0.353 e. The molecule has 13 heavy (non-hydrogen) atoms. The van der Waals surface area contributed by atoms with Crippen LogP contribution in [0.3, 0.4) is 0 Å². The van der Waals surface area contributed by atoms with Crippen LogP contribution >= 0.6 is 0 Å². The lowest BCUT2D eigenvalue weighted by Gasteiger charge is -2.15. The van der Waals surface area contributed by atoms with Gasteiger partial charge in [0.05, 0.1) is 0 Å². The maximum atomic E-state index is 11.5. The molecule has 0 radical (unpaired) electrons. The zero-order chi connectivity index (χ0) is 9.68. The maximum absolute atomic E-state index is 11.5. The molecule has 0 saturated heterocycles. The standard InChI is InChI=1S/C10H18N2O/c1-8(6-7-11)10(13)12-9-4-2-3-5-9/h2-3,8-9H,4-7,11H2,1H3,(H,12,13).